The van der Waals surface area contributed by atoms with Crippen LogP contribution in [0.2, 0.25) is 0 Å². The first-order chi connectivity index (χ1) is 15.5. The summed E-state index contributed by atoms with van der Waals surface area (Å²) in [5, 5.41) is 14.0. The van der Waals surface area contributed by atoms with E-state index in [4.69, 9.17) is 9.97 Å². The van der Waals surface area contributed by atoms with Crippen LogP contribution < -0.4 is 0 Å². The van der Waals surface area contributed by atoms with Crippen LogP contribution in [-0.4, -0.2) is 35.2 Å². The normalized spacial score (nSPS) is 11.4. The molecule has 0 aliphatic rings. The van der Waals surface area contributed by atoms with Gasteiger partial charge in [0.15, 0.2) is 5.65 Å². The zero-order valence-electron chi connectivity index (χ0n) is 18.1. The average Bonchev–Trinajstić information content (AvgIpc) is 3.43. The van der Waals surface area contributed by atoms with Crippen LogP contribution in [0.3, 0.4) is 0 Å². The van der Waals surface area contributed by atoms with Crippen molar-refractivity contribution in [3.8, 4) is 22.5 Å². The molecule has 8 heteroatoms. The number of pyridine rings is 1. The molecule has 32 heavy (non-hydrogen) atoms. The third kappa shape index (κ3) is 3.53. The lowest BCUT2D eigenvalue weighted by molar-refractivity contribution is 0.628. The second-order valence-electron chi connectivity index (χ2n) is 7.84. The van der Waals surface area contributed by atoms with Crippen molar-refractivity contribution in [3.05, 3.63) is 77.0 Å². The number of aromatic nitrogens is 7. The Balaban J connectivity index is 1.51. The second kappa shape index (κ2) is 7.96. The molecule has 5 aromatic rings. The number of benzene rings is 2. The van der Waals surface area contributed by atoms with Gasteiger partial charge in [-0.25, -0.2) is 14.4 Å². The van der Waals surface area contributed by atoms with Gasteiger partial charge in [-0.2, -0.15) is 5.21 Å². The third-order valence-electron chi connectivity index (χ3n) is 5.59. The quantitative estimate of drug-likeness (QED) is 0.441. The molecule has 1 N–H and O–H groups in total. The minimum Gasteiger partial charge on any atom is -0.308 e. The van der Waals surface area contributed by atoms with E-state index in [9.17, 15) is 4.39 Å². The number of imidazole rings is 1. The molecular weight excluding hydrogens is 405 g/mol. The molecule has 0 atom stereocenters. The number of aryl methyl sites for hydroxylation is 3. The Kier molecular flexibility index (Phi) is 4.97. The largest absolute Gasteiger partial charge is 0.308 e. The Morgan fingerprint density at radius 3 is 2.50 bits per heavy atom. The number of aromatic amines is 1. The smallest absolute Gasteiger partial charge is 0.205 e. The van der Waals surface area contributed by atoms with Gasteiger partial charge in [0.25, 0.3) is 0 Å². The summed E-state index contributed by atoms with van der Waals surface area (Å²) in [5.74, 6) is 1.03. The summed E-state index contributed by atoms with van der Waals surface area (Å²) < 4.78 is 16.1. The lowest BCUT2D eigenvalue weighted by atomic mass is 9.98. The van der Waals surface area contributed by atoms with Crippen LogP contribution in [0.1, 0.15) is 29.6 Å². The molecule has 0 aliphatic heterocycles. The van der Waals surface area contributed by atoms with Gasteiger partial charge in [-0.1, -0.05) is 37.3 Å². The summed E-state index contributed by atoms with van der Waals surface area (Å²) in [6, 6.07) is 14.9. The summed E-state index contributed by atoms with van der Waals surface area (Å²) in [5.41, 5.74) is 7.52. The minimum atomic E-state index is -0.345. The number of fused-ring (bicyclic) bond motifs is 1. The minimum absolute atomic E-state index is 0.345. The van der Waals surface area contributed by atoms with Crippen molar-refractivity contribution < 1.29 is 4.39 Å². The monoisotopic (exact) mass is 427 g/mol. The van der Waals surface area contributed by atoms with Gasteiger partial charge in [0, 0.05) is 17.7 Å². The fourth-order valence-electron chi connectivity index (χ4n) is 4.09. The Bertz CT molecular complexity index is 1400. The number of nitrogens with one attached hydrogen (secondary N) is 1. The van der Waals surface area contributed by atoms with Crippen LogP contribution in [0.5, 0.6) is 0 Å². The van der Waals surface area contributed by atoms with E-state index in [-0.39, 0.29) is 5.82 Å². The molecule has 7 nitrogen and oxygen atoms in total. The fraction of sp³-hybridized carbons (Fsp3) is 0.208. The highest BCUT2D eigenvalue weighted by molar-refractivity contribution is 5.80. The first-order valence-corrected chi connectivity index (χ1v) is 10.5. The third-order valence-corrected chi connectivity index (χ3v) is 5.59. The zero-order valence-corrected chi connectivity index (χ0v) is 18.1. The number of H-pyrrole nitrogens is 1. The van der Waals surface area contributed by atoms with Gasteiger partial charge in [-0.05, 0) is 59.5 Å². The van der Waals surface area contributed by atoms with E-state index in [0.29, 0.717) is 17.9 Å². The van der Waals surface area contributed by atoms with Crippen molar-refractivity contribution in [2.24, 2.45) is 0 Å². The van der Waals surface area contributed by atoms with Crippen LogP contribution >= 0.6 is 0 Å². The molecular formula is C24H22FN7. The summed E-state index contributed by atoms with van der Waals surface area (Å²) in [4.78, 5) is 9.58. The number of nitrogens with zero attached hydrogens (tertiary/aromatic N) is 6. The first kappa shape index (κ1) is 20.0. The van der Waals surface area contributed by atoms with Crippen LogP contribution in [0.4, 0.5) is 4.39 Å². The molecule has 0 bridgehead atoms. The van der Waals surface area contributed by atoms with Crippen LogP contribution in [0.15, 0.2) is 48.5 Å². The molecule has 5 rings (SSSR count). The molecule has 2 aromatic carbocycles. The Hall–Kier alpha value is -3.94. The fourth-order valence-corrected chi connectivity index (χ4v) is 4.09. The van der Waals surface area contributed by atoms with Crippen molar-refractivity contribution in [2.45, 2.75) is 33.7 Å². The van der Waals surface area contributed by atoms with E-state index in [1.165, 1.54) is 12.1 Å². The molecule has 0 spiro atoms. The number of rotatable bonds is 5. The van der Waals surface area contributed by atoms with E-state index in [1.54, 1.807) is 6.07 Å². The van der Waals surface area contributed by atoms with E-state index in [2.05, 4.69) is 57.2 Å². The summed E-state index contributed by atoms with van der Waals surface area (Å²) in [6.45, 7) is 6.87. The molecule has 0 saturated heterocycles. The van der Waals surface area contributed by atoms with Gasteiger partial charge in [-0.15, -0.1) is 10.2 Å². The molecule has 3 heterocycles. The predicted octanol–water partition coefficient (Wildman–Crippen LogP) is 4.65. The van der Waals surface area contributed by atoms with Crippen molar-refractivity contribution in [2.75, 3.05) is 0 Å². The highest BCUT2D eigenvalue weighted by atomic mass is 19.1. The summed E-state index contributed by atoms with van der Waals surface area (Å²) in [6.07, 6.45) is 0.830. The van der Waals surface area contributed by atoms with Crippen LogP contribution in [0.25, 0.3) is 33.7 Å². The number of hydrogen-bond donors (Lipinski definition) is 1. The Morgan fingerprint density at radius 1 is 0.969 bits per heavy atom. The summed E-state index contributed by atoms with van der Waals surface area (Å²) in [7, 11) is 0. The molecule has 0 saturated carbocycles. The molecule has 0 radical (unpaired) electrons. The Labute approximate surface area is 184 Å². The van der Waals surface area contributed by atoms with Crippen molar-refractivity contribution in [1.82, 2.24) is 35.2 Å². The maximum absolute atomic E-state index is 13.9. The highest BCUT2D eigenvalue weighted by Gasteiger charge is 2.15. The van der Waals surface area contributed by atoms with Gasteiger partial charge in [-0.3, -0.25) is 0 Å². The number of hydrogen-bond acceptors (Lipinski definition) is 5. The van der Waals surface area contributed by atoms with Crippen molar-refractivity contribution in [1.29, 1.82) is 0 Å². The van der Waals surface area contributed by atoms with Crippen LogP contribution in [0, 0.1) is 19.7 Å². The first-order valence-electron chi connectivity index (χ1n) is 10.5. The van der Waals surface area contributed by atoms with E-state index in [0.717, 1.165) is 51.4 Å². The van der Waals surface area contributed by atoms with E-state index in [1.807, 2.05) is 19.1 Å². The lowest BCUT2D eigenvalue weighted by Gasteiger charge is -2.11. The molecule has 3 aromatic heterocycles. The van der Waals surface area contributed by atoms with E-state index < -0.39 is 0 Å². The maximum Gasteiger partial charge on any atom is 0.205 e. The van der Waals surface area contributed by atoms with Gasteiger partial charge in [0.05, 0.1) is 6.54 Å². The van der Waals surface area contributed by atoms with Crippen LogP contribution in [-0.2, 0) is 13.0 Å². The molecule has 160 valence electrons. The molecule has 0 unspecified atom stereocenters. The van der Waals surface area contributed by atoms with E-state index >= 15 is 0 Å². The standard InChI is InChI=1S/C24H22FN7/c1-4-21-27-22-14(2)11-15(3)26-24(22)32(21)13-16-5-7-17(8-6-16)19-10-9-18(25)12-20(19)23-28-30-31-29-23/h5-12H,4,13H2,1-3H3,(H,28,29,30,31). The topological polar surface area (TPSA) is 85.2 Å². The SMILES string of the molecule is CCc1nc2c(C)cc(C)nc2n1Cc1ccc(-c2ccc(F)cc2-c2nn[nH]n2)cc1. The highest BCUT2D eigenvalue weighted by Crippen LogP contribution is 2.31. The summed E-state index contributed by atoms with van der Waals surface area (Å²) >= 11 is 0. The second-order valence-corrected chi connectivity index (χ2v) is 7.84. The molecule has 0 amide bonds. The predicted molar refractivity (Wildman–Crippen MR) is 120 cm³/mol. The van der Waals surface area contributed by atoms with Gasteiger partial charge >= 0.3 is 0 Å². The van der Waals surface area contributed by atoms with Crippen molar-refractivity contribution in [3.63, 3.8) is 0 Å². The average molecular weight is 427 g/mol. The number of tetrazole rings is 1. The lowest BCUT2D eigenvalue weighted by Crippen LogP contribution is -2.05. The molecule has 0 fully saturated rings. The Morgan fingerprint density at radius 2 is 1.78 bits per heavy atom. The molecule has 0 aliphatic carbocycles. The van der Waals surface area contributed by atoms with Gasteiger partial charge in [0.2, 0.25) is 5.82 Å². The maximum atomic E-state index is 13.9. The number of halogens is 1. The van der Waals surface area contributed by atoms with Gasteiger partial charge < -0.3 is 4.57 Å². The van der Waals surface area contributed by atoms with Gasteiger partial charge in [0.1, 0.15) is 17.2 Å². The van der Waals surface area contributed by atoms with Crippen molar-refractivity contribution >= 4 is 11.2 Å². The zero-order chi connectivity index (χ0) is 22.2.